The molecule has 18 heavy (non-hydrogen) atoms. The number of carbonyl (C=O) groups excluding carboxylic acids is 2. The van der Waals surface area contributed by atoms with Crippen LogP contribution in [-0.2, 0) is 9.59 Å². The third-order valence-corrected chi connectivity index (χ3v) is 4.00. The van der Waals surface area contributed by atoms with Crippen molar-refractivity contribution in [3.05, 3.63) is 0 Å². The number of hydrogen-bond donors (Lipinski definition) is 3. The minimum atomic E-state index is -0.530. The van der Waals surface area contributed by atoms with Crippen molar-refractivity contribution >= 4 is 24.4 Å². The van der Waals surface area contributed by atoms with Gasteiger partial charge in [0.1, 0.15) is 6.04 Å². The van der Waals surface area contributed by atoms with E-state index in [-0.39, 0.29) is 17.9 Å². The Kier molecular flexibility index (Phi) is 5.99. The van der Waals surface area contributed by atoms with Gasteiger partial charge in [-0.15, -0.1) is 0 Å². The summed E-state index contributed by atoms with van der Waals surface area (Å²) in [4.78, 5) is 23.0. The predicted octanol–water partition coefficient (Wildman–Crippen LogP) is 1.36. The molecule has 104 valence electrons. The van der Waals surface area contributed by atoms with E-state index in [1.54, 1.807) is 0 Å². The van der Waals surface area contributed by atoms with Crippen LogP contribution in [0.3, 0.4) is 0 Å². The first-order valence-electron chi connectivity index (χ1n) is 6.62. The lowest BCUT2D eigenvalue weighted by atomic mass is 9.80. The third-order valence-electron chi connectivity index (χ3n) is 3.64. The normalized spacial score (nSPS) is 29.4. The van der Waals surface area contributed by atoms with E-state index in [1.165, 1.54) is 6.92 Å². The first-order chi connectivity index (χ1) is 8.43. The summed E-state index contributed by atoms with van der Waals surface area (Å²) in [5, 5.41) is 5.66. The molecule has 2 N–H and O–H groups in total. The molecule has 0 saturated heterocycles. The van der Waals surface area contributed by atoms with Crippen molar-refractivity contribution in [1.29, 1.82) is 0 Å². The summed E-state index contributed by atoms with van der Waals surface area (Å²) < 4.78 is 0. The van der Waals surface area contributed by atoms with E-state index in [0.717, 1.165) is 25.2 Å². The van der Waals surface area contributed by atoms with Crippen molar-refractivity contribution in [3.63, 3.8) is 0 Å². The maximum Gasteiger partial charge on any atom is 0.243 e. The van der Waals surface area contributed by atoms with E-state index >= 15 is 0 Å². The molecule has 1 saturated carbocycles. The Labute approximate surface area is 115 Å². The molecule has 4 atom stereocenters. The molecule has 1 aliphatic carbocycles. The smallest absolute Gasteiger partial charge is 0.243 e. The second kappa shape index (κ2) is 7.02. The molecule has 4 unspecified atom stereocenters. The molecule has 0 aromatic carbocycles. The Morgan fingerprint density at radius 3 is 2.50 bits per heavy atom. The van der Waals surface area contributed by atoms with Crippen molar-refractivity contribution in [1.82, 2.24) is 10.6 Å². The molecule has 0 bridgehead atoms. The van der Waals surface area contributed by atoms with Gasteiger partial charge in [-0.05, 0) is 31.1 Å². The zero-order chi connectivity index (χ0) is 13.7. The average molecular weight is 272 g/mol. The minimum Gasteiger partial charge on any atom is -0.351 e. The van der Waals surface area contributed by atoms with E-state index in [1.807, 2.05) is 0 Å². The number of amides is 2. The van der Waals surface area contributed by atoms with Crippen LogP contribution in [0.25, 0.3) is 0 Å². The van der Waals surface area contributed by atoms with Gasteiger partial charge in [-0.1, -0.05) is 13.8 Å². The van der Waals surface area contributed by atoms with Crippen molar-refractivity contribution in [2.75, 3.05) is 5.75 Å². The Balaban J connectivity index is 2.49. The van der Waals surface area contributed by atoms with Gasteiger partial charge in [0, 0.05) is 18.7 Å². The first kappa shape index (κ1) is 15.3. The zero-order valence-corrected chi connectivity index (χ0v) is 12.3. The van der Waals surface area contributed by atoms with E-state index in [9.17, 15) is 9.59 Å². The quantitative estimate of drug-likeness (QED) is 0.677. The Bertz CT molecular complexity index is 309. The van der Waals surface area contributed by atoms with Crippen molar-refractivity contribution in [2.45, 2.75) is 52.1 Å². The lowest BCUT2D eigenvalue weighted by Gasteiger charge is -2.34. The molecule has 0 radical (unpaired) electrons. The Morgan fingerprint density at radius 1 is 1.33 bits per heavy atom. The molecule has 0 aromatic rings. The van der Waals surface area contributed by atoms with Crippen molar-refractivity contribution < 1.29 is 9.59 Å². The van der Waals surface area contributed by atoms with Crippen molar-refractivity contribution in [2.24, 2.45) is 11.8 Å². The van der Waals surface area contributed by atoms with Gasteiger partial charge in [-0.3, -0.25) is 9.59 Å². The van der Waals surface area contributed by atoms with Gasteiger partial charge < -0.3 is 10.6 Å². The largest absolute Gasteiger partial charge is 0.351 e. The van der Waals surface area contributed by atoms with Gasteiger partial charge in [-0.25, -0.2) is 0 Å². The van der Waals surface area contributed by atoms with Crippen LogP contribution >= 0.6 is 12.6 Å². The first-order valence-corrected chi connectivity index (χ1v) is 7.25. The molecule has 5 heteroatoms. The van der Waals surface area contributed by atoms with Crippen LogP contribution in [0.15, 0.2) is 0 Å². The fourth-order valence-electron chi connectivity index (χ4n) is 2.60. The van der Waals surface area contributed by atoms with Gasteiger partial charge in [-0.2, -0.15) is 12.6 Å². The van der Waals surface area contributed by atoms with Crippen LogP contribution in [-0.4, -0.2) is 29.7 Å². The molecule has 1 fully saturated rings. The molecule has 0 aliphatic heterocycles. The summed E-state index contributed by atoms with van der Waals surface area (Å²) in [7, 11) is 0. The molecular weight excluding hydrogens is 248 g/mol. The fraction of sp³-hybridized carbons (Fsp3) is 0.846. The summed E-state index contributed by atoms with van der Waals surface area (Å²) in [6.45, 7) is 5.84. The maximum atomic E-state index is 12.0. The molecule has 4 nitrogen and oxygen atoms in total. The van der Waals surface area contributed by atoms with Crippen molar-refractivity contribution in [3.8, 4) is 0 Å². The minimum absolute atomic E-state index is 0.119. The monoisotopic (exact) mass is 272 g/mol. The van der Waals surface area contributed by atoms with Gasteiger partial charge in [0.25, 0.3) is 0 Å². The molecular formula is C13H24N2O2S. The number of rotatable bonds is 4. The maximum absolute atomic E-state index is 12.0. The van der Waals surface area contributed by atoms with Crippen LogP contribution < -0.4 is 10.6 Å². The zero-order valence-electron chi connectivity index (χ0n) is 11.4. The SMILES string of the molecule is CC(=O)NC(CS)C(=O)NC1CCC(C)CC1C. The number of nitrogens with one attached hydrogen (secondary N) is 2. The number of hydrogen-bond acceptors (Lipinski definition) is 3. The van der Waals surface area contributed by atoms with Crippen LogP contribution in [0, 0.1) is 11.8 Å². The van der Waals surface area contributed by atoms with Crippen LogP contribution in [0.2, 0.25) is 0 Å². The number of thiol groups is 1. The van der Waals surface area contributed by atoms with E-state index in [2.05, 4.69) is 37.1 Å². The van der Waals surface area contributed by atoms with Crippen LogP contribution in [0.4, 0.5) is 0 Å². The fourth-order valence-corrected chi connectivity index (χ4v) is 2.86. The highest BCUT2D eigenvalue weighted by Gasteiger charge is 2.28. The predicted molar refractivity (Wildman–Crippen MR) is 75.6 cm³/mol. The summed E-state index contributed by atoms with van der Waals surface area (Å²) in [5.41, 5.74) is 0. The van der Waals surface area contributed by atoms with E-state index in [4.69, 9.17) is 0 Å². The second-order valence-electron chi connectivity index (χ2n) is 5.45. The van der Waals surface area contributed by atoms with Gasteiger partial charge in [0.05, 0.1) is 0 Å². The lowest BCUT2D eigenvalue weighted by Crippen LogP contribution is -2.52. The van der Waals surface area contributed by atoms with Gasteiger partial charge in [0.2, 0.25) is 11.8 Å². The average Bonchev–Trinajstić information content (AvgIpc) is 2.29. The highest BCUT2D eigenvalue weighted by atomic mass is 32.1. The Hall–Kier alpha value is -0.710. The van der Waals surface area contributed by atoms with Crippen LogP contribution in [0.1, 0.15) is 40.0 Å². The molecule has 0 heterocycles. The standard InChI is InChI=1S/C13H24N2O2S/c1-8-4-5-11(9(2)6-8)15-13(17)12(7-18)14-10(3)16/h8-9,11-12,18H,4-7H2,1-3H3,(H,14,16)(H,15,17). The third kappa shape index (κ3) is 4.52. The summed E-state index contributed by atoms with van der Waals surface area (Å²) in [5.74, 6) is 1.24. The molecule has 1 rings (SSSR count). The highest BCUT2D eigenvalue weighted by Crippen LogP contribution is 2.28. The van der Waals surface area contributed by atoms with Crippen LogP contribution in [0.5, 0.6) is 0 Å². The summed E-state index contributed by atoms with van der Waals surface area (Å²) in [6, 6.07) is -0.303. The number of carbonyl (C=O) groups is 2. The highest BCUT2D eigenvalue weighted by molar-refractivity contribution is 7.80. The summed E-state index contributed by atoms with van der Waals surface area (Å²) in [6.07, 6.45) is 3.32. The molecule has 2 amide bonds. The van der Waals surface area contributed by atoms with Gasteiger partial charge in [0.15, 0.2) is 0 Å². The second-order valence-corrected chi connectivity index (χ2v) is 5.81. The topological polar surface area (TPSA) is 58.2 Å². The van der Waals surface area contributed by atoms with E-state index < -0.39 is 6.04 Å². The molecule has 0 aromatic heterocycles. The van der Waals surface area contributed by atoms with E-state index in [0.29, 0.717) is 11.7 Å². The Morgan fingerprint density at radius 2 is 2.00 bits per heavy atom. The molecule has 0 spiro atoms. The molecule has 1 aliphatic rings. The van der Waals surface area contributed by atoms with Gasteiger partial charge >= 0.3 is 0 Å². The lowest BCUT2D eigenvalue weighted by molar-refractivity contribution is -0.128. The summed E-state index contributed by atoms with van der Waals surface area (Å²) >= 11 is 4.11.